The van der Waals surface area contributed by atoms with Crippen LogP contribution in [0.5, 0.6) is 5.75 Å². The highest BCUT2D eigenvalue weighted by Gasteiger charge is 2.30. The van der Waals surface area contributed by atoms with Crippen molar-refractivity contribution in [3.05, 3.63) is 58.1 Å². The Bertz CT molecular complexity index is 1020. The molecule has 0 atom stereocenters. The number of sulfonamides is 1. The maximum atomic E-state index is 13.4. The largest absolute Gasteiger partial charge is 0.491 e. The lowest BCUT2D eigenvalue weighted by atomic mass is 10.2. The van der Waals surface area contributed by atoms with Gasteiger partial charge in [0.05, 0.1) is 28.2 Å². The fourth-order valence-electron chi connectivity index (χ4n) is 2.70. The summed E-state index contributed by atoms with van der Waals surface area (Å²) in [5.41, 5.74) is 0.148. The molecule has 0 saturated heterocycles. The fourth-order valence-corrected chi connectivity index (χ4v) is 4.36. The van der Waals surface area contributed by atoms with Crippen LogP contribution in [-0.2, 0) is 19.6 Å². The number of hydrogen-bond donors (Lipinski definition) is 0. The van der Waals surface area contributed by atoms with Crippen molar-refractivity contribution in [2.24, 2.45) is 0 Å². The molecule has 0 amide bonds. The van der Waals surface area contributed by atoms with Crippen molar-refractivity contribution in [3.63, 3.8) is 0 Å². The van der Waals surface area contributed by atoms with E-state index in [0.717, 1.165) is 10.4 Å². The molecule has 0 aliphatic rings. The molecule has 0 N–H and O–H groups in total. The molecular formula is C20H24N2O7S. The van der Waals surface area contributed by atoms with Crippen LogP contribution >= 0.6 is 0 Å². The van der Waals surface area contributed by atoms with Crippen molar-refractivity contribution in [3.8, 4) is 5.75 Å². The smallest absolute Gasteiger partial charge is 0.326 e. The summed E-state index contributed by atoms with van der Waals surface area (Å²) in [6, 6.07) is 9.74. The molecule has 0 aliphatic carbocycles. The highest BCUT2D eigenvalue weighted by Crippen LogP contribution is 2.29. The second-order valence-electron chi connectivity index (χ2n) is 6.68. The Morgan fingerprint density at radius 3 is 2.33 bits per heavy atom. The number of non-ortho nitro benzene ring substituents is 1. The quantitative estimate of drug-likeness (QED) is 0.336. The van der Waals surface area contributed by atoms with Gasteiger partial charge in [0.1, 0.15) is 12.3 Å². The van der Waals surface area contributed by atoms with E-state index in [-0.39, 0.29) is 29.0 Å². The number of anilines is 1. The normalized spacial score (nSPS) is 11.2. The Balaban J connectivity index is 2.54. The first-order valence-corrected chi connectivity index (χ1v) is 10.7. The van der Waals surface area contributed by atoms with E-state index in [1.165, 1.54) is 31.2 Å². The third kappa shape index (κ3) is 5.47. The molecular weight excluding hydrogens is 412 g/mol. The first kappa shape index (κ1) is 23.1. The van der Waals surface area contributed by atoms with E-state index in [0.29, 0.717) is 11.3 Å². The van der Waals surface area contributed by atoms with Crippen LogP contribution in [0, 0.1) is 17.0 Å². The number of esters is 1. The molecule has 0 unspecified atom stereocenters. The zero-order valence-corrected chi connectivity index (χ0v) is 18.0. The minimum absolute atomic E-state index is 0.0669. The van der Waals surface area contributed by atoms with Gasteiger partial charge in [-0.25, -0.2) is 8.42 Å². The van der Waals surface area contributed by atoms with Gasteiger partial charge in [-0.05, 0) is 57.5 Å². The Kier molecular flexibility index (Phi) is 7.38. The number of benzene rings is 2. The van der Waals surface area contributed by atoms with Gasteiger partial charge in [-0.3, -0.25) is 19.2 Å². The molecule has 0 spiro atoms. The van der Waals surface area contributed by atoms with Gasteiger partial charge in [-0.2, -0.15) is 0 Å². The van der Waals surface area contributed by atoms with Crippen molar-refractivity contribution in [2.75, 3.05) is 17.5 Å². The van der Waals surface area contributed by atoms with E-state index in [9.17, 15) is 23.3 Å². The molecule has 0 fully saturated rings. The summed E-state index contributed by atoms with van der Waals surface area (Å²) in [5, 5.41) is 11.1. The van der Waals surface area contributed by atoms with Gasteiger partial charge in [-0.1, -0.05) is 6.07 Å². The number of nitro benzene ring substituents is 1. The highest BCUT2D eigenvalue weighted by atomic mass is 32.2. The molecule has 0 saturated carbocycles. The lowest BCUT2D eigenvalue weighted by Crippen LogP contribution is -2.37. The Morgan fingerprint density at radius 2 is 1.80 bits per heavy atom. The van der Waals surface area contributed by atoms with Crippen molar-refractivity contribution in [2.45, 2.75) is 38.7 Å². The lowest BCUT2D eigenvalue weighted by molar-refractivity contribution is -0.385. The SMILES string of the molecule is CCOC(=O)CN(c1ccc(OC(C)C)cc1)S(=O)(=O)c1cc([N+](=O)[O-])ccc1C. The van der Waals surface area contributed by atoms with Crippen LogP contribution in [-0.4, -0.2) is 38.6 Å². The zero-order valence-electron chi connectivity index (χ0n) is 17.2. The van der Waals surface area contributed by atoms with Gasteiger partial charge in [0.15, 0.2) is 0 Å². The average Bonchev–Trinajstić information content (AvgIpc) is 2.66. The molecule has 2 rings (SSSR count). The molecule has 0 aliphatic heterocycles. The Hall–Kier alpha value is -3.14. The minimum Gasteiger partial charge on any atom is -0.491 e. The van der Waals surface area contributed by atoms with E-state index in [4.69, 9.17) is 9.47 Å². The van der Waals surface area contributed by atoms with E-state index in [1.54, 1.807) is 19.1 Å². The van der Waals surface area contributed by atoms with Crippen LogP contribution in [0.25, 0.3) is 0 Å². The monoisotopic (exact) mass is 436 g/mol. The molecule has 30 heavy (non-hydrogen) atoms. The van der Waals surface area contributed by atoms with E-state index >= 15 is 0 Å². The standard InChI is InChI=1S/C20H24N2O7S/c1-5-28-20(23)13-21(16-8-10-18(11-9-16)29-14(2)3)30(26,27)19-12-17(22(24)25)7-6-15(19)4/h6-12,14H,5,13H2,1-4H3. The summed E-state index contributed by atoms with van der Waals surface area (Å²) >= 11 is 0. The summed E-state index contributed by atoms with van der Waals surface area (Å²) in [6.45, 7) is 6.36. The molecule has 162 valence electrons. The van der Waals surface area contributed by atoms with Gasteiger partial charge in [0, 0.05) is 12.1 Å². The first-order chi connectivity index (χ1) is 14.1. The molecule has 2 aromatic rings. The number of carbonyl (C=O) groups is 1. The third-order valence-electron chi connectivity index (χ3n) is 4.03. The third-order valence-corrected chi connectivity index (χ3v) is 5.94. The van der Waals surface area contributed by atoms with Gasteiger partial charge in [-0.15, -0.1) is 0 Å². The molecule has 0 bridgehead atoms. The number of hydrogen-bond acceptors (Lipinski definition) is 7. The van der Waals surface area contributed by atoms with Crippen molar-refractivity contribution < 1.29 is 27.6 Å². The molecule has 0 aromatic heterocycles. The average molecular weight is 436 g/mol. The van der Waals surface area contributed by atoms with Crippen LogP contribution in [0.1, 0.15) is 26.3 Å². The van der Waals surface area contributed by atoms with E-state index < -0.39 is 27.5 Å². The number of nitrogens with zero attached hydrogens (tertiary/aromatic N) is 2. The second kappa shape index (κ2) is 9.57. The van der Waals surface area contributed by atoms with Crippen LogP contribution in [0.3, 0.4) is 0 Å². The van der Waals surface area contributed by atoms with Crippen LogP contribution in [0.4, 0.5) is 11.4 Å². The number of carbonyl (C=O) groups excluding carboxylic acids is 1. The maximum absolute atomic E-state index is 13.4. The molecule has 2 aromatic carbocycles. The van der Waals surface area contributed by atoms with Crippen LogP contribution in [0.2, 0.25) is 0 Å². The summed E-state index contributed by atoms with van der Waals surface area (Å²) in [5.74, 6) is -0.208. The Labute approximate surface area is 175 Å². The van der Waals surface area contributed by atoms with Crippen molar-refractivity contribution in [1.29, 1.82) is 0 Å². The maximum Gasteiger partial charge on any atom is 0.326 e. The van der Waals surface area contributed by atoms with Crippen molar-refractivity contribution in [1.82, 2.24) is 0 Å². The zero-order chi connectivity index (χ0) is 22.5. The Morgan fingerprint density at radius 1 is 1.17 bits per heavy atom. The number of aryl methyl sites for hydroxylation is 1. The first-order valence-electron chi connectivity index (χ1n) is 9.26. The molecule has 0 heterocycles. The van der Waals surface area contributed by atoms with Gasteiger partial charge >= 0.3 is 5.97 Å². The van der Waals surface area contributed by atoms with Crippen molar-refractivity contribution >= 4 is 27.4 Å². The highest BCUT2D eigenvalue weighted by molar-refractivity contribution is 7.93. The summed E-state index contributed by atoms with van der Waals surface area (Å²) in [4.78, 5) is 22.3. The molecule has 0 radical (unpaired) electrons. The lowest BCUT2D eigenvalue weighted by Gasteiger charge is -2.24. The predicted octanol–water partition coefficient (Wildman–Crippen LogP) is 3.45. The number of ether oxygens (including phenoxy) is 2. The number of nitro groups is 1. The summed E-state index contributed by atoms with van der Waals surface area (Å²) in [7, 11) is -4.30. The van der Waals surface area contributed by atoms with Crippen LogP contribution < -0.4 is 9.04 Å². The summed E-state index contributed by atoms with van der Waals surface area (Å²) < 4.78 is 38.1. The molecule has 9 nitrogen and oxygen atoms in total. The predicted molar refractivity (Wildman–Crippen MR) is 111 cm³/mol. The minimum atomic E-state index is -4.30. The topological polar surface area (TPSA) is 116 Å². The summed E-state index contributed by atoms with van der Waals surface area (Å²) in [6.07, 6.45) is -0.0669. The second-order valence-corrected chi connectivity index (χ2v) is 8.51. The fraction of sp³-hybridized carbons (Fsp3) is 0.350. The van der Waals surface area contributed by atoms with Gasteiger partial charge in [0.25, 0.3) is 15.7 Å². The van der Waals surface area contributed by atoms with E-state index in [2.05, 4.69) is 0 Å². The van der Waals surface area contributed by atoms with Crippen LogP contribution in [0.15, 0.2) is 47.4 Å². The number of rotatable bonds is 9. The van der Waals surface area contributed by atoms with E-state index in [1.807, 2.05) is 13.8 Å². The molecule has 10 heteroatoms. The van der Waals surface area contributed by atoms with Gasteiger partial charge < -0.3 is 9.47 Å². The van der Waals surface area contributed by atoms with Gasteiger partial charge in [0.2, 0.25) is 0 Å².